The summed E-state index contributed by atoms with van der Waals surface area (Å²) in [5.41, 5.74) is 3.28. The Morgan fingerprint density at radius 3 is 2.64 bits per heavy atom. The number of nitro benzene ring substituents is 1. The predicted octanol–water partition coefficient (Wildman–Crippen LogP) is 5.85. The summed E-state index contributed by atoms with van der Waals surface area (Å²) in [5.74, 6) is -0.439. The first-order valence-corrected chi connectivity index (χ1v) is 10.6. The maximum atomic E-state index is 12.9. The summed E-state index contributed by atoms with van der Waals surface area (Å²) >= 11 is 0. The van der Waals surface area contributed by atoms with Crippen molar-refractivity contribution < 1.29 is 27.6 Å². The molecule has 0 aliphatic rings. The van der Waals surface area contributed by atoms with E-state index in [1.54, 1.807) is 18.2 Å². The topological polar surface area (TPSA) is 98.8 Å². The Hall–Kier alpha value is -4.67. The van der Waals surface area contributed by atoms with Crippen LogP contribution >= 0.6 is 0 Å². The van der Waals surface area contributed by atoms with Gasteiger partial charge in [0.05, 0.1) is 29.4 Å². The van der Waals surface area contributed by atoms with Crippen molar-refractivity contribution in [2.24, 2.45) is 5.10 Å². The Morgan fingerprint density at radius 1 is 1.14 bits per heavy atom. The number of nitrogens with one attached hydrogen (secondary N) is 1. The maximum absolute atomic E-state index is 12.9. The fourth-order valence-corrected chi connectivity index (χ4v) is 3.74. The number of alkyl halides is 3. The number of esters is 1. The molecule has 0 spiro atoms. The van der Waals surface area contributed by atoms with Gasteiger partial charge in [0.2, 0.25) is 0 Å². The lowest BCUT2D eigenvalue weighted by molar-refractivity contribution is -0.384. The fraction of sp³-hybridized carbons (Fsp3) is 0.120. The van der Waals surface area contributed by atoms with Crippen molar-refractivity contribution in [3.63, 3.8) is 0 Å². The van der Waals surface area contributed by atoms with E-state index in [1.807, 2.05) is 41.1 Å². The van der Waals surface area contributed by atoms with Crippen LogP contribution < -0.4 is 5.43 Å². The number of rotatable bonds is 7. The molecule has 0 saturated heterocycles. The number of carbonyl (C=O) groups excluding carboxylic acids is 1. The van der Waals surface area contributed by atoms with Crippen molar-refractivity contribution >= 4 is 34.5 Å². The molecule has 3 aromatic carbocycles. The number of anilines is 1. The van der Waals surface area contributed by atoms with Gasteiger partial charge in [0.25, 0.3) is 5.69 Å². The van der Waals surface area contributed by atoms with E-state index in [4.69, 9.17) is 4.74 Å². The highest BCUT2D eigenvalue weighted by atomic mass is 19.4. The highest BCUT2D eigenvalue weighted by Crippen LogP contribution is 2.35. The summed E-state index contributed by atoms with van der Waals surface area (Å²) in [6.45, 7) is 0.441. The molecule has 36 heavy (non-hydrogen) atoms. The van der Waals surface area contributed by atoms with Gasteiger partial charge in [-0.15, -0.1) is 0 Å². The summed E-state index contributed by atoms with van der Waals surface area (Å²) in [4.78, 5) is 22.2. The Morgan fingerprint density at radius 2 is 1.92 bits per heavy atom. The number of hydrazone groups is 1. The van der Waals surface area contributed by atoms with Gasteiger partial charge in [0.1, 0.15) is 5.69 Å². The van der Waals surface area contributed by atoms with Gasteiger partial charge in [0.15, 0.2) is 0 Å². The highest BCUT2D eigenvalue weighted by molar-refractivity contribution is 5.99. The van der Waals surface area contributed by atoms with E-state index in [2.05, 4.69) is 10.5 Å². The van der Waals surface area contributed by atoms with E-state index in [0.717, 1.165) is 28.6 Å². The number of halogens is 3. The van der Waals surface area contributed by atoms with Crippen LogP contribution in [0.2, 0.25) is 0 Å². The van der Waals surface area contributed by atoms with Gasteiger partial charge >= 0.3 is 12.1 Å². The average molecular weight is 496 g/mol. The summed E-state index contributed by atoms with van der Waals surface area (Å²) in [6, 6.07) is 16.7. The van der Waals surface area contributed by atoms with Crippen molar-refractivity contribution in [3.8, 4) is 0 Å². The molecule has 4 rings (SSSR count). The van der Waals surface area contributed by atoms with Crippen LogP contribution in [0.5, 0.6) is 0 Å². The van der Waals surface area contributed by atoms with Crippen LogP contribution in [0.3, 0.4) is 0 Å². The number of hydrogen-bond acceptors (Lipinski definition) is 6. The first kappa shape index (κ1) is 24.5. The molecule has 0 unspecified atom stereocenters. The highest BCUT2D eigenvalue weighted by Gasteiger charge is 2.33. The third kappa shape index (κ3) is 5.19. The molecule has 0 fully saturated rings. The van der Waals surface area contributed by atoms with Crippen LogP contribution in [-0.4, -0.2) is 28.8 Å². The number of hydrogen-bond donors (Lipinski definition) is 1. The second-order valence-electron chi connectivity index (χ2n) is 7.78. The Labute approximate surface area is 202 Å². The molecule has 1 N–H and O–H groups in total. The molecule has 8 nitrogen and oxygen atoms in total. The van der Waals surface area contributed by atoms with E-state index < -0.39 is 28.3 Å². The lowest BCUT2D eigenvalue weighted by Gasteiger charge is -2.08. The minimum Gasteiger partial charge on any atom is -0.465 e. The smallest absolute Gasteiger partial charge is 0.416 e. The number of carbonyl (C=O) groups is 1. The van der Waals surface area contributed by atoms with Gasteiger partial charge < -0.3 is 9.30 Å². The number of ether oxygens (including phenoxy) is 1. The zero-order valence-corrected chi connectivity index (χ0v) is 18.8. The van der Waals surface area contributed by atoms with E-state index in [9.17, 15) is 28.1 Å². The molecule has 1 aromatic heterocycles. The van der Waals surface area contributed by atoms with Crippen LogP contribution in [0.15, 0.2) is 78.0 Å². The molecule has 0 atom stereocenters. The van der Waals surface area contributed by atoms with Crippen LogP contribution in [-0.2, 0) is 17.5 Å². The second-order valence-corrected chi connectivity index (χ2v) is 7.78. The number of fused-ring (bicyclic) bond motifs is 1. The van der Waals surface area contributed by atoms with Crippen molar-refractivity contribution in [1.82, 2.24) is 4.57 Å². The van der Waals surface area contributed by atoms with Gasteiger partial charge in [0, 0.05) is 35.3 Å². The van der Waals surface area contributed by atoms with E-state index >= 15 is 0 Å². The molecule has 0 radical (unpaired) electrons. The predicted molar refractivity (Wildman–Crippen MR) is 128 cm³/mol. The first-order chi connectivity index (χ1) is 17.2. The number of methoxy groups -OCH3 is 1. The molecule has 0 saturated carbocycles. The standard InChI is InChI=1S/C25H19F3N4O4/c1-36-24(33)17-6-4-5-16(11-17)14-31-15-18(20-7-2-3-8-22(20)31)13-29-30-21-10-9-19(25(26,27)28)12-23(21)32(34)35/h2-13,15,30H,14H2,1H3/b29-13+. The zero-order valence-electron chi connectivity index (χ0n) is 18.8. The Kier molecular flexibility index (Phi) is 6.73. The second kappa shape index (κ2) is 9.90. The Bertz CT molecular complexity index is 1480. The minimum atomic E-state index is -4.70. The lowest BCUT2D eigenvalue weighted by Crippen LogP contribution is -2.06. The third-order valence-corrected chi connectivity index (χ3v) is 5.43. The molecule has 11 heteroatoms. The van der Waals surface area contributed by atoms with Crippen molar-refractivity contribution in [1.29, 1.82) is 0 Å². The largest absolute Gasteiger partial charge is 0.465 e. The average Bonchev–Trinajstić information content (AvgIpc) is 3.20. The zero-order chi connectivity index (χ0) is 25.9. The maximum Gasteiger partial charge on any atom is 0.416 e. The molecule has 0 amide bonds. The summed E-state index contributed by atoms with van der Waals surface area (Å²) in [7, 11) is 1.31. The Balaban J connectivity index is 1.61. The minimum absolute atomic E-state index is 0.174. The van der Waals surface area contributed by atoms with E-state index in [1.165, 1.54) is 13.3 Å². The molecule has 4 aromatic rings. The van der Waals surface area contributed by atoms with E-state index in [0.29, 0.717) is 23.7 Å². The van der Waals surface area contributed by atoms with Crippen LogP contribution in [0.25, 0.3) is 10.9 Å². The summed E-state index contributed by atoms with van der Waals surface area (Å²) in [5, 5.41) is 16.2. The number of nitrogens with zero attached hydrogens (tertiary/aromatic N) is 3. The molecule has 184 valence electrons. The monoisotopic (exact) mass is 496 g/mol. The number of benzene rings is 3. The number of para-hydroxylation sites is 1. The molecule has 0 aliphatic heterocycles. The van der Waals surface area contributed by atoms with Gasteiger partial charge in [-0.05, 0) is 35.9 Å². The summed E-state index contributed by atoms with van der Waals surface area (Å²) in [6.07, 6.45) is -1.45. The van der Waals surface area contributed by atoms with Crippen molar-refractivity contribution in [2.75, 3.05) is 12.5 Å². The molecule has 0 aliphatic carbocycles. The summed E-state index contributed by atoms with van der Waals surface area (Å²) < 4.78 is 45.5. The molecular weight excluding hydrogens is 477 g/mol. The molecular formula is C25H19F3N4O4. The van der Waals surface area contributed by atoms with Gasteiger partial charge in [-0.3, -0.25) is 15.5 Å². The van der Waals surface area contributed by atoms with Gasteiger partial charge in [-0.25, -0.2) is 4.79 Å². The molecule has 1 heterocycles. The van der Waals surface area contributed by atoms with Crippen LogP contribution in [0, 0.1) is 10.1 Å². The first-order valence-electron chi connectivity index (χ1n) is 10.6. The van der Waals surface area contributed by atoms with Crippen LogP contribution in [0.1, 0.15) is 27.0 Å². The number of aromatic nitrogens is 1. The van der Waals surface area contributed by atoms with Crippen LogP contribution in [0.4, 0.5) is 24.5 Å². The normalized spacial score (nSPS) is 11.7. The van der Waals surface area contributed by atoms with Gasteiger partial charge in [-0.1, -0.05) is 30.3 Å². The van der Waals surface area contributed by atoms with Crippen molar-refractivity contribution in [2.45, 2.75) is 12.7 Å². The quantitative estimate of drug-likeness (QED) is 0.150. The van der Waals surface area contributed by atoms with E-state index in [-0.39, 0.29) is 5.69 Å². The SMILES string of the molecule is COC(=O)c1cccc(Cn2cc(/C=N/Nc3ccc(C(F)(F)F)cc3[N+](=O)[O-])c3ccccc32)c1. The third-order valence-electron chi connectivity index (χ3n) is 5.43. The van der Waals surface area contributed by atoms with Crippen molar-refractivity contribution in [3.05, 3.63) is 105 Å². The fourth-order valence-electron chi connectivity index (χ4n) is 3.74. The van der Waals surface area contributed by atoms with Gasteiger partial charge in [-0.2, -0.15) is 18.3 Å². The lowest BCUT2D eigenvalue weighted by atomic mass is 10.1. The number of nitro groups is 1. The molecule has 0 bridgehead atoms.